The number of aryl methyl sites for hydroxylation is 3. The average Bonchev–Trinajstić information content (AvgIpc) is 3.84. The molecule has 0 bridgehead atoms. The average molecular weight is 865 g/mol. The van der Waals surface area contributed by atoms with Crippen molar-refractivity contribution in [1.82, 2.24) is 0 Å². The first-order valence-electron chi connectivity index (χ1n) is 19.8. The number of rotatable bonds is 16. The molecule has 2 heterocycles. The molecule has 16 nitrogen and oxygen atoms in total. The van der Waals surface area contributed by atoms with Crippen LogP contribution in [0.25, 0.3) is 0 Å². The van der Waals surface area contributed by atoms with Gasteiger partial charge in [-0.15, -0.1) is 0 Å². The van der Waals surface area contributed by atoms with Crippen molar-refractivity contribution in [3.8, 4) is 34.5 Å². The molecule has 0 amide bonds. The molecule has 0 aromatic heterocycles. The van der Waals surface area contributed by atoms with E-state index in [2.05, 4.69) is 13.2 Å². The quantitative estimate of drug-likeness (QED) is 0.0665. The maximum atomic E-state index is 13.5. The predicted octanol–water partition coefficient (Wildman–Crippen LogP) is 6.58. The summed E-state index contributed by atoms with van der Waals surface area (Å²) in [5.74, 6) is -3.25. The normalized spacial score (nSPS) is 17.3. The third-order valence-corrected chi connectivity index (χ3v) is 9.77. The molecule has 16 heteroatoms. The monoisotopic (exact) mass is 864 g/mol. The van der Waals surface area contributed by atoms with Crippen LogP contribution in [-0.2, 0) is 28.5 Å². The summed E-state index contributed by atoms with van der Waals surface area (Å²) in [5, 5.41) is 0. The van der Waals surface area contributed by atoms with Gasteiger partial charge in [-0.3, -0.25) is 0 Å². The Labute approximate surface area is 362 Å². The maximum Gasteiger partial charge on any atom is 0.343 e. The van der Waals surface area contributed by atoms with Crippen molar-refractivity contribution in [2.24, 2.45) is 0 Å². The Morgan fingerprint density at radius 3 is 1.44 bits per heavy atom. The van der Waals surface area contributed by atoms with Gasteiger partial charge >= 0.3 is 35.8 Å². The van der Waals surface area contributed by atoms with E-state index in [-0.39, 0.29) is 83.2 Å². The molecule has 4 atom stereocenters. The molecule has 0 spiro atoms. The summed E-state index contributed by atoms with van der Waals surface area (Å²) in [6.45, 7) is 15.5. The lowest BCUT2D eigenvalue weighted by molar-refractivity contribution is -0.129. The fourth-order valence-corrected chi connectivity index (χ4v) is 6.73. The van der Waals surface area contributed by atoms with Gasteiger partial charge in [-0.1, -0.05) is 13.2 Å². The van der Waals surface area contributed by atoms with Gasteiger partial charge in [0.1, 0.15) is 57.8 Å². The summed E-state index contributed by atoms with van der Waals surface area (Å²) in [6, 6.07) is 16.0. The molecule has 0 saturated carbocycles. The van der Waals surface area contributed by atoms with E-state index in [9.17, 15) is 28.8 Å². The van der Waals surface area contributed by atoms with Gasteiger partial charge < -0.3 is 47.4 Å². The number of carbonyl (C=O) groups excluding carboxylic acids is 6. The van der Waals surface area contributed by atoms with Gasteiger partial charge in [-0.25, -0.2) is 28.8 Å². The first-order chi connectivity index (χ1) is 30.2. The summed E-state index contributed by atoms with van der Waals surface area (Å²) in [4.78, 5) is 76.5. The third-order valence-electron chi connectivity index (χ3n) is 9.77. The Morgan fingerprint density at radius 2 is 0.968 bits per heavy atom. The molecular formula is C47H44O16. The Morgan fingerprint density at radius 1 is 0.524 bits per heavy atom. The second-order valence-electron chi connectivity index (χ2n) is 14.1. The first-order valence-corrected chi connectivity index (χ1v) is 19.8. The van der Waals surface area contributed by atoms with Crippen LogP contribution in [0.5, 0.6) is 34.5 Å². The van der Waals surface area contributed by atoms with Crippen molar-refractivity contribution >= 4 is 35.8 Å². The highest BCUT2D eigenvalue weighted by Gasteiger charge is 2.51. The lowest BCUT2D eigenvalue weighted by Crippen LogP contribution is -2.36. The van der Waals surface area contributed by atoms with Crippen molar-refractivity contribution in [1.29, 1.82) is 0 Å². The second kappa shape index (κ2) is 20.0. The van der Waals surface area contributed by atoms with E-state index in [0.29, 0.717) is 16.7 Å². The minimum absolute atomic E-state index is 0.0499. The highest BCUT2D eigenvalue weighted by Crippen LogP contribution is 2.35. The molecule has 2 aliphatic rings. The zero-order chi connectivity index (χ0) is 45.4. The number of benzene rings is 4. The molecule has 2 aliphatic heterocycles. The van der Waals surface area contributed by atoms with Crippen molar-refractivity contribution in [2.45, 2.75) is 59.0 Å². The molecule has 4 aromatic rings. The topological polar surface area (TPSA) is 195 Å². The molecule has 4 aromatic carbocycles. The molecule has 0 unspecified atom stereocenters. The van der Waals surface area contributed by atoms with Gasteiger partial charge in [0.15, 0.2) is 12.2 Å². The largest absolute Gasteiger partial charge is 0.493 e. The highest BCUT2D eigenvalue weighted by molar-refractivity contribution is 5.96. The van der Waals surface area contributed by atoms with Crippen LogP contribution in [0.15, 0.2) is 92.0 Å². The Hall–Kier alpha value is -7.30. The van der Waals surface area contributed by atoms with Crippen molar-refractivity contribution in [3.05, 3.63) is 131 Å². The molecule has 328 valence electrons. The number of ether oxygens (including phenoxy) is 10. The van der Waals surface area contributed by atoms with Crippen LogP contribution in [0.2, 0.25) is 0 Å². The summed E-state index contributed by atoms with van der Waals surface area (Å²) < 4.78 is 56.4. The first kappa shape index (κ1) is 45.2. The van der Waals surface area contributed by atoms with Crippen LogP contribution in [0, 0.1) is 20.8 Å². The summed E-state index contributed by atoms with van der Waals surface area (Å²) in [5.41, 5.74) is 2.09. The maximum absolute atomic E-state index is 13.5. The van der Waals surface area contributed by atoms with E-state index in [1.165, 1.54) is 54.6 Å². The standard InChI is InChI=1S/C47H44O16/c1-8-40(48)58-28-12-15-31(25(5)18-28)44(50)59-29-13-16-32(36(21-29)54-10-3)45(51)62-38-23-56-43-39(24-57-42(38)43)63-46(52)33-17-14-30(22-37(33)55-11-4)60-47(53)34-19-27(7)35(20-26(34)6)61-41(49)9-2/h8-9,12-22,38-39,42-43H,1-2,10-11,23-24H2,3-7H3/t38-,39-,42-,43-/m1/s1. The summed E-state index contributed by atoms with van der Waals surface area (Å²) in [6.07, 6.45) is -1.20. The zero-order valence-electron chi connectivity index (χ0n) is 35.1. The lowest BCUT2D eigenvalue weighted by Gasteiger charge is -2.19. The Kier molecular flexibility index (Phi) is 14.4. The van der Waals surface area contributed by atoms with Crippen LogP contribution in [0.3, 0.4) is 0 Å². The van der Waals surface area contributed by atoms with Crippen LogP contribution < -0.4 is 28.4 Å². The number of hydrogen-bond donors (Lipinski definition) is 0. The van der Waals surface area contributed by atoms with E-state index >= 15 is 0 Å². The van der Waals surface area contributed by atoms with E-state index in [0.717, 1.165) is 12.2 Å². The number of carbonyl (C=O) groups is 6. The molecule has 0 aliphatic carbocycles. The number of fused-ring (bicyclic) bond motifs is 1. The minimum Gasteiger partial charge on any atom is -0.493 e. The molecule has 2 fully saturated rings. The minimum atomic E-state index is -0.868. The Bertz CT molecular complexity index is 2470. The molecule has 6 rings (SSSR count). The molecule has 0 N–H and O–H groups in total. The summed E-state index contributed by atoms with van der Waals surface area (Å²) >= 11 is 0. The predicted molar refractivity (Wildman–Crippen MR) is 222 cm³/mol. The highest BCUT2D eigenvalue weighted by atomic mass is 16.7. The fourth-order valence-electron chi connectivity index (χ4n) is 6.73. The Balaban J connectivity index is 1.07. The third kappa shape index (κ3) is 10.6. The van der Waals surface area contributed by atoms with Crippen LogP contribution >= 0.6 is 0 Å². The molecular weight excluding hydrogens is 821 g/mol. The number of hydrogen-bond acceptors (Lipinski definition) is 16. The lowest BCUT2D eigenvalue weighted by atomic mass is 10.0. The van der Waals surface area contributed by atoms with Gasteiger partial charge in [0.05, 0.1) is 37.6 Å². The second-order valence-corrected chi connectivity index (χ2v) is 14.1. The van der Waals surface area contributed by atoms with Gasteiger partial charge in [0.2, 0.25) is 0 Å². The molecule has 63 heavy (non-hydrogen) atoms. The number of esters is 6. The van der Waals surface area contributed by atoms with E-state index < -0.39 is 60.2 Å². The van der Waals surface area contributed by atoms with E-state index in [1.807, 2.05) is 0 Å². The smallest absolute Gasteiger partial charge is 0.343 e. The van der Waals surface area contributed by atoms with Gasteiger partial charge in [-0.05, 0) is 106 Å². The van der Waals surface area contributed by atoms with Crippen LogP contribution in [0.1, 0.15) is 72.0 Å². The van der Waals surface area contributed by atoms with Crippen LogP contribution in [0.4, 0.5) is 0 Å². The van der Waals surface area contributed by atoms with Crippen LogP contribution in [-0.4, -0.2) is 86.7 Å². The SMILES string of the molecule is C=CC(=O)Oc1ccc(C(=O)Oc2ccc(C(=O)O[C@@H]3CO[C@H]4[C@@H]3OC[C@H]4OC(=O)c3ccc(OC(=O)c4cc(C)c(OC(=O)C=C)cc4C)cc3OCC)c(OCC)c2)c(C)c1. The van der Waals surface area contributed by atoms with Gasteiger partial charge in [-0.2, -0.15) is 0 Å². The molecule has 0 radical (unpaired) electrons. The van der Waals surface area contributed by atoms with Gasteiger partial charge in [0.25, 0.3) is 0 Å². The van der Waals surface area contributed by atoms with Crippen molar-refractivity contribution < 1.29 is 76.1 Å². The van der Waals surface area contributed by atoms with Gasteiger partial charge in [0, 0.05) is 24.3 Å². The van der Waals surface area contributed by atoms with E-state index in [4.69, 9.17) is 47.4 Å². The summed E-state index contributed by atoms with van der Waals surface area (Å²) in [7, 11) is 0. The molecule has 2 saturated heterocycles. The van der Waals surface area contributed by atoms with E-state index in [1.54, 1.807) is 46.8 Å². The zero-order valence-corrected chi connectivity index (χ0v) is 35.1. The van der Waals surface area contributed by atoms with Crippen molar-refractivity contribution in [2.75, 3.05) is 26.4 Å². The van der Waals surface area contributed by atoms with Crippen molar-refractivity contribution in [3.63, 3.8) is 0 Å². The fraction of sp³-hybridized carbons (Fsp3) is 0.277.